The molecule has 2 amide bonds. The zero-order chi connectivity index (χ0) is 20.8. The van der Waals surface area contributed by atoms with Crippen molar-refractivity contribution in [1.29, 1.82) is 0 Å². The maximum Gasteiger partial charge on any atom is 0.290 e. The Morgan fingerprint density at radius 3 is 2.52 bits per heavy atom. The van der Waals surface area contributed by atoms with Crippen LogP contribution in [0.15, 0.2) is 48.5 Å². The number of aromatic nitrogens is 3. The van der Waals surface area contributed by atoms with E-state index in [0.717, 1.165) is 0 Å². The van der Waals surface area contributed by atoms with Crippen LogP contribution < -0.4 is 10.6 Å². The Labute approximate surface area is 172 Å². The molecule has 2 aromatic carbocycles. The summed E-state index contributed by atoms with van der Waals surface area (Å²) in [6, 6.07) is 13.3. The SMILES string of the molecule is Cc1nc(C(=O)NCCCNC(=O)c2cccc(O)c2)nn1-c1ccccc1Cl. The van der Waals surface area contributed by atoms with E-state index in [1.54, 1.807) is 31.2 Å². The van der Waals surface area contributed by atoms with Gasteiger partial charge in [-0.3, -0.25) is 9.59 Å². The third-order valence-electron chi connectivity index (χ3n) is 4.09. The molecule has 0 saturated carbocycles. The van der Waals surface area contributed by atoms with Crippen molar-refractivity contribution in [2.75, 3.05) is 13.1 Å². The number of carbonyl (C=O) groups is 2. The van der Waals surface area contributed by atoms with Crippen LogP contribution in [-0.2, 0) is 0 Å². The molecule has 3 rings (SSSR count). The zero-order valence-corrected chi connectivity index (χ0v) is 16.5. The Hall–Kier alpha value is -3.39. The van der Waals surface area contributed by atoms with Crippen LogP contribution in [0.5, 0.6) is 5.75 Å². The van der Waals surface area contributed by atoms with Crippen LogP contribution in [0.1, 0.15) is 33.2 Å². The first-order valence-corrected chi connectivity index (χ1v) is 9.37. The van der Waals surface area contributed by atoms with Gasteiger partial charge >= 0.3 is 0 Å². The van der Waals surface area contributed by atoms with Crippen LogP contribution in [0.2, 0.25) is 5.02 Å². The molecule has 0 aliphatic carbocycles. The molecule has 3 N–H and O–H groups in total. The minimum atomic E-state index is -0.404. The van der Waals surface area contributed by atoms with E-state index in [4.69, 9.17) is 11.6 Å². The minimum absolute atomic E-state index is 0.0314. The number of carbonyl (C=O) groups excluding carboxylic acids is 2. The van der Waals surface area contributed by atoms with Crippen LogP contribution in [-0.4, -0.2) is 44.8 Å². The van der Waals surface area contributed by atoms with Crippen LogP contribution in [0.4, 0.5) is 0 Å². The third-order valence-corrected chi connectivity index (χ3v) is 4.41. The highest BCUT2D eigenvalue weighted by molar-refractivity contribution is 6.32. The van der Waals surface area contributed by atoms with Gasteiger partial charge in [-0.05, 0) is 43.7 Å². The fourth-order valence-corrected chi connectivity index (χ4v) is 2.87. The molecule has 0 saturated heterocycles. The van der Waals surface area contributed by atoms with Gasteiger partial charge in [-0.2, -0.15) is 0 Å². The summed E-state index contributed by atoms with van der Waals surface area (Å²) in [4.78, 5) is 28.5. The van der Waals surface area contributed by atoms with Crippen molar-refractivity contribution < 1.29 is 14.7 Å². The molecule has 0 bridgehead atoms. The number of hydrogen-bond acceptors (Lipinski definition) is 5. The Morgan fingerprint density at radius 1 is 1.07 bits per heavy atom. The van der Waals surface area contributed by atoms with Crippen molar-refractivity contribution in [3.63, 3.8) is 0 Å². The van der Waals surface area contributed by atoms with Gasteiger partial charge in [-0.25, -0.2) is 9.67 Å². The molecule has 0 aliphatic heterocycles. The highest BCUT2D eigenvalue weighted by atomic mass is 35.5. The predicted molar refractivity (Wildman–Crippen MR) is 108 cm³/mol. The Balaban J connectivity index is 1.48. The molecule has 8 nitrogen and oxygen atoms in total. The lowest BCUT2D eigenvalue weighted by Crippen LogP contribution is -2.30. The van der Waals surface area contributed by atoms with E-state index in [1.807, 2.05) is 12.1 Å². The van der Waals surface area contributed by atoms with E-state index in [2.05, 4.69) is 20.7 Å². The first-order chi connectivity index (χ1) is 14.0. The fourth-order valence-electron chi connectivity index (χ4n) is 2.66. The molecule has 0 atom stereocenters. The normalized spacial score (nSPS) is 10.6. The molecule has 29 heavy (non-hydrogen) atoms. The monoisotopic (exact) mass is 413 g/mol. The summed E-state index contributed by atoms with van der Waals surface area (Å²) in [7, 11) is 0. The van der Waals surface area contributed by atoms with Gasteiger partial charge in [0.2, 0.25) is 5.82 Å². The number of para-hydroxylation sites is 1. The average molecular weight is 414 g/mol. The summed E-state index contributed by atoms with van der Waals surface area (Å²) in [6.45, 7) is 2.46. The van der Waals surface area contributed by atoms with Crippen LogP contribution in [0, 0.1) is 6.92 Å². The van der Waals surface area contributed by atoms with Crippen molar-refractivity contribution in [3.05, 3.63) is 70.8 Å². The molecule has 1 heterocycles. The summed E-state index contributed by atoms with van der Waals surface area (Å²) in [6.07, 6.45) is 0.528. The number of amides is 2. The van der Waals surface area contributed by atoms with Crippen molar-refractivity contribution >= 4 is 23.4 Å². The number of hydrogen-bond donors (Lipinski definition) is 3. The second kappa shape index (κ2) is 9.20. The second-order valence-corrected chi connectivity index (χ2v) is 6.67. The molecule has 9 heteroatoms. The lowest BCUT2D eigenvalue weighted by Gasteiger charge is -2.06. The third kappa shape index (κ3) is 5.11. The predicted octanol–water partition coefficient (Wildman–Crippen LogP) is 2.48. The van der Waals surface area contributed by atoms with Crippen LogP contribution in [0.25, 0.3) is 5.69 Å². The Morgan fingerprint density at radius 2 is 1.79 bits per heavy atom. The van der Waals surface area contributed by atoms with E-state index in [-0.39, 0.29) is 17.5 Å². The molecule has 0 aliphatic rings. The maximum atomic E-state index is 12.3. The largest absolute Gasteiger partial charge is 0.508 e. The van der Waals surface area contributed by atoms with Crippen molar-refractivity contribution in [2.45, 2.75) is 13.3 Å². The van der Waals surface area contributed by atoms with Crippen molar-refractivity contribution in [3.8, 4) is 11.4 Å². The molecule has 0 spiro atoms. The molecule has 3 aromatic rings. The van der Waals surface area contributed by atoms with Gasteiger partial charge in [0.05, 0.1) is 10.7 Å². The van der Waals surface area contributed by atoms with Gasteiger partial charge in [-0.15, -0.1) is 5.10 Å². The number of benzene rings is 2. The number of halogens is 1. The molecule has 150 valence electrons. The number of aryl methyl sites for hydroxylation is 1. The van der Waals surface area contributed by atoms with Gasteiger partial charge in [0.15, 0.2) is 0 Å². The molecule has 0 radical (unpaired) electrons. The average Bonchev–Trinajstić information content (AvgIpc) is 3.09. The van der Waals surface area contributed by atoms with E-state index in [0.29, 0.717) is 41.6 Å². The quantitative estimate of drug-likeness (QED) is 0.515. The maximum absolute atomic E-state index is 12.3. The van der Waals surface area contributed by atoms with E-state index >= 15 is 0 Å². The van der Waals surface area contributed by atoms with E-state index in [1.165, 1.54) is 16.8 Å². The highest BCUT2D eigenvalue weighted by Crippen LogP contribution is 2.20. The van der Waals surface area contributed by atoms with Gasteiger partial charge < -0.3 is 15.7 Å². The van der Waals surface area contributed by atoms with Gasteiger partial charge in [0.25, 0.3) is 11.8 Å². The number of nitrogens with zero attached hydrogens (tertiary/aromatic N) is 3. The number of rotatable bonds is 7. The summed E-state index contributed by atoms with van der Waals surface area (Å²) >= 11 is 6.18. The molecule has 1 aromatic heterocycles. The van der Waals surface area contributed by atoms with Crippen LogP contribution >= 0.6 is 11.6 Å². The summed E-state index contributed by atoms with van der Waals surface area (Å²) in [5.41, 5.74) is 1.02. The number of phenolic OH excluding ortho intramolecular Hbond substituents is 1. The van der Waals surface area contributed by atoms with Crippen molar-refractivity contribution in [2.24, 2.45) is 0 Å². The smallest absolute Gasteiger partial charge is 0.290 e. The molecule has 0 unspecified atom stereocenters. The Kier molecular flexibility index (Phi) is 6.46. The highest BCUT2D eigenvalue weighted by Gasteiger charge is 2.16. The molecular formula is C20H20ClN5O3. The molecular weight excluding hydrogens is 394 g/mol. The van der Waals surface area contributed by atoms with Gasteiger partial charge in [-0.1, -0.05) is 29.8 Å². The lowest BCUT2D eigenvalue weighted by molar-refractivity contribution is 0.0942. The number of nitrogens with one attached hydrogen (secondary N) is 2. The fraction of sp³-hybridized carbons (Fsp3) is 0.200. The van der Waals surface area contributed by atoms with E-state index < -0.39 is 5.91 Å². The molecule has 0 fully saturated rings. The minimum Gasteiger partial charge on any atom is -0.508 e. The topological polar surface area (TPSA) is 109 Å². The summed E-state index contributed by atoms with van der Waals surface area (Å²) < 4.78 is 1.52. The lowest BCUT2D eigenvalue weighted by atomic mass is 10.2. The number of aromatic hydroxyl groups is 1. The Bertz CT molecular complexity index is 1030. The summed E-state index contributed by atoms with van der Waals surface area (Å²) in [5.74, 6) is -0.0713. The summed E-state index contributed by atoms with van der Waals surface area (Å²) in [5, 5.41) is 19.6. The van der Waals surface area contributed by atoms with Gasteiger partial charge in [0.1, 0.15) is 11.6 Å². The van der Waals surface area contributed by atoms with Crippen molar-refractivity contribution in [1.82, 2.24) is 25.4 Å². The van der Waals surface area contributed by atoms with Crippen LogP contribution in [0.3, 0.4) is 0 Å². The first kappa shape index (κ1) is 20.3. The first-order valence-electron chi connectivity index (χ1n) is 8.99. The second-order valence-electron chi connectivity index (χ2n) is 6.26. The standard InChI is InChI=1S/C20H20ClN5O3/c1-13-24-18(25-26(13)17-9-3-2-8-16(17)21)20(29)23-11-5-10-22-19(28)14-6-4-7-15(27)12-14/h2-4,6-9,12,27H,5,10-11H2,1H3,(H,22,28)(H,23,29). The zero-order valence-electron chi connectivity index (χ0n) is 15.7. The van der Waals surface area contributed by atoms with E-state index in [9.17, 15) is 14.7 Å². The van der Waals surface area contributed by atoms with Gasteiger partial charge in [0, 0.05) is 18.7 Å². The number of phenols is 1.